The summed E-state index contributed by atoms with van der Waals surface area (Å²) in [6, 6.07) is 32.2. The van der Waals surface area contributed by atoms with E-state index in [2.05, 4.69) is 16.0 Å². The van der Waals surface area contributed by atoms with Crippen molar-refractivity contribution in [3.05, 3.63) is 153 Å². The number of thioether (sulfide) groups is 1. The van der Waals surface area contributed by atoms with Gasteiger partial charge >= 0.3 is 0 Å². The highest BCUT2D eigenvalue weighted by molar-refractivity contribution is 8.00. The van der Waals surface area contributed by atoms with Crippen LogP contribution in [-0.2, 0) is 9.59 Å². The number of nitro benzene ring substituents is 1. The average molecular weight is 733 g/mol. The molecule has 270 valence electrons. The summed E-state index contributed by atoms with van der Waals surface area (Å²) in [7, 11) is 4.44. The van der Waals surface area contributed by atoms with Crippen molar-refractivity contribution < 1.29 is 33.5 Å². The molecular weight excluding hydrogens is 697 g/mol. The number of amides is 3. The normalized spacial score (nSPS) is 11.5. The van der Waals surface area contributed by atoms with E-state index in [0.29, 0.717) is 45.3 Å². The summed E-state index contributed by atoms with van der Waals surface area (Å²) in [6.45, 7) is 1.69. The zero-order chi connectivity index (χ0) is 37.9. The number of methoxy groups -OCH3 is 3. The fourth-order valence-electron chi connectivity index (χ4n) is 5.25. The van der Waals surface area contributed by atoms with Gasteiger partial charge in [-0.25, -0.2) is 0 Å². The van der Waals surface area contributed by atoms with Crippen LogP contribution in [0.25, 0.3) is 6.08 Å². The molecule has 0 spiro atoms. The zero-order valence-corrected chi connectivity index (χ0v) is 30.1. The Balaban J connectivity index is 1.38. The van der Waals surface area contributed by atoms with E-state index in [-0.39, 0.29) is 17.3 Å². The Kier molecular flexibility index (Phi) is 12.5. The third kappa shape index (κ3) is 9.60. The van der Waals surface area contributed by atoms with Crippen LogP contribution in [0.4, 0.5) is 17.1 Å². The molecule has 1 atom stereocenters. The van der Waals surface area contributed by atoms with Crippen molar-refractivity contribution in [3.63, 3.8) is 0 Å². The molecule has 3 N–H and O–H groups in total. The number of nitrogens with one attached hydrogen (secondary N) is 3. The minimum absolute atomic E-state index is 0.0473. The van der Waals surface area contributed by atoms with Crippen LogP contribution in [0.1, 0.15) is 32.3 Å². The maximum absolute atomic E-state index is 13.7. The lowest BCUT2D eigenvalue weighted by Crippen LogP contribution is -2.30. The van der Waals surface area contributed by atoms with Gasteiger partial charge in [0.25, 0.3) is 17.5 Å². The molecular formula is C40H36N4O8S. The monoisotopic (exact) mass is 732 g/mol. The smallest absolute Gasteiger partial charge is 0.272 e. The second-order valence-corrected chi connectivity index (χ2v) is 12.6. The molecule has 0 radical (unpaired) electrons. The summed E-state index contributed by atoms with van der Waals surface area (Å²) in [6.07, 6.45) is 1.50. The summed E-state index contributed by atoms with van der Waals surface area (Å²) >= 11 is 1.30. The predicted octanol–water partition coefficient (Wildman–Crippen LogP) is 7.81. The van der Waals surface area contributed by atoms with E-state index >= 15 is 0 Å². The van der Waals surface area contributed by atoms with Crippen LogP contribution in [0, 0.1) is 17.0 Å². The Bertz CT molecular complexity index is 2120. The fourth-order valence-corrected chi connectivity index (χ4v) is 6.27. The molecule has 0 aromatic heterocycles. The second-order valence-electron chi connectivity index (χ2n) is 11.5. The van der Waals surface area contributed by atoms with Gasteiger partial charge in [0.15, 0.2) is 11.5 Å². The van der Waals surface area contributed by atoms with Crippen LogP contribution in [0.15, 0.2) is 126 Å². The number of benzene rings is 5. The molecule has 3 amide bonds. The molecule has 0 aliphatic heterocycles. The predicted molar refractivity (Wildman–Crippen MR) is 205 cm³/mol. The van der Waals surface area contributed by atoms with Gasteiger partial charge in [-0.05, 0) is 84.3 Å². The number of rotatable bonds is 14. The number of carbonyl (C=O) groups excluding carboxylic acids is 3. The molecule has 0 saturated heterocycles. The topological polar surface area (TPSA) is 158 Å². The molecule has 53 heavy (non-hydrogen) atoms. The molecule has 1 unspecified atom stereocenters. The number of anilines is 2. The number of nitrogens with zero attached hydrogens (tertiary/aromatic N) is 1. The summed E-state index contributed by atoms with van der Waals surface area (Å²) in [5.74, 6) is -0.288. The van der Waals surface area contributed by atoms with Crippen molar-refractivity contribution in [3.8, 4) is 17.2 Å². The number of hydrogen-bond donors (Lipinski definition) is 3. The Morgan fingerprint density at radius 3 is 1.96 bits per heavy atom. The first-order valence-electron chi connectivity index (χ1n) is 16.2. The highest BCUT2D eigenvalue weighted by atomic mass is 32.2. The van der Waals surface area contributed by atoms with Gasteiger partial charge in [-0.1, -0.05) is 48.5 Å². The van der Waals surface area contributed by atoms with Crippen molar-refractivity contribution in [1.29, 1.82) is 0 Å². The summed E-state index contributed by atoms with van der Waals surface area (Å²) in [5.41, 5.74) is 2.96. The van der Waals surface area contributed by atoms with Crippen molar-refractivity contribution in [2.24, 2.45) is 0 Å². The largest absolute Gasteiger partial charge is 0.493 e. The van der Waals surface area contributed by atoms with E-state index in [4.69, 9.17) is 14.2 Å². The molecule has 5 aromatic carbocycles. The molecule has 0 saturated carbocycles. The van der Waals surface area contributed by atoms with Gasteiger partial charge in [0.1, 0.15) is 10.9 Å². The molecule has 13 heteroatoms. The molecule has 0 aliphatic carbocycles. The number of nitro groups is 1. The molecule has 5 aromatic rings. The van der Waals surface area contributed by atoms with Crippen molar-refractivity contribution in [1.82, 2.24) is 5.32 Å². The van der Waals surface area contributed by atoms with Crippen LogP contribution in [0.5, 0.6) is 17.2 Å². The van der Waals surface area contributed by atoms with Crippen molar-refractivity contribution in [2.75, 3.05) is 32.0 Å². The quantitative estimate of drug-likeness (QED) is 0.0448. The Labute approximate surface area is 310 Å². The van der Waals surface area contributed by atoms with Crippen molar-refractivity contribution >= 4 is 52.6 Å². The van der Waals surface area contributed by atoms with E-state index in [0.717, 1.165) is 10.5 Å². The van der Waals surface area contributed by atoms with E-state index < -0.39 is 22.0 Å². The lowest BCUT2D eigenvalue weighted by atomic mass is 10.1. The van der Waals surface area contributed by atoms with Gasteiger partial charge in [0.05, 0.1) is 26.3 Å². The molecule has 5 rings (SSSR count). The van der Waals surface area contributed by atoms with Gasteiger partial charge in [0, 0.05) is 34.0 Å². The van der Waals surface area contributed by atoms with Crippen LogP contribution in [0.3, 0.4) is 0 Å². The molecule has 0 aliphatic rings. The third-order valence-electron chi connectivity index (χ3n) is 7.91. The van der Waals surface area contributed by atoms with Gasteiger partial charge in [-0.15, -0.1) is 11.8 Å². The zero-order valence-electron chi connectivity index (χ0n) is 29.2. The number of carbonyl (C=O) groups is 3. The van der Waals surface area contributed by atoms with E-state index in [9.17, 15) is 24.5 Å². The number of ether oxygens (including phenoxy) is 3. The van der Waals surface area contributed by atoms with Gasteiger partial charge in [-0.2, -0.15) is 0 Å². The minimum Gasteiger partial charge on any atom is -0.493 e. The summed E-state index contributed by atoms with van der Waals surface area (Å²) in [4.78, 5) is 52.0. The molecule has 0 heterocycles. The SMILES string of the molecule is COc1cc(/C=C(\NC(=O)c2ccccc2)C(=O)Nc2ccc(SC(C(=O)Nc3ccc([N+](=O)[O-])cc3C)c3ccccc3)cc2)cc(OC)c1OC. The second kappa shape index (κ2) is 17.6. The molecule has 0 bridgehead atoms. The number of non-ortho nitro benzene ring substituents is 1. The van der Waals surface area contributed by atoms with E-state index in [1.54, 1.807) is 73.7 Å². The lowest BCUT2D eigenvalue weighted by Gasteiger charge is -2.18. The first-order chi connectivity index (χ1) is 25.6. The van der Waals surface area contributed by atoms with Gasteiger partial charge < -0.3 is 30.2 Å². The Hall–Kier alpha value is -6.60. The maximum Gasteiger partial charge on any atom is 0.272 e. The summed E-state index contributed by atoms with van der Waals surface area (Å²) < 4.78 is 16.3. The standard InChI is InChI=1S/C40H36N4O8S/c1-25-21-30(44(48)49)17-20-32(25)42-40(47)37(27-11-7-5-8-12-27)53-31-18-15-29(16-19-31)41-39(46)33(43-38(45)28-13-9-6-10-14-28)22-26-23-34(50-2)36(52-4)35(24-26)51-3/h5-24,37H,1-4H3,(H,41,46)(H,42,47)(H,43,45)/b33-22-. The van der Waals surface area contributed by atoms with Crippen LogP contribution in [0.2, 0.25) is 0 Å². The summed E-state index contributed by atoms with van der Waals surface area (Å²) in [5, 5.41) is 19.0. The van der Waals surface area contributed by atoms with Crippen LogP contribution in [-0.4, -0.2) is 44.0 Å². The minimum atomic E-state index is -0.674. The van der Waals surface area contributed by atoms with Gasteiger partial charge in [0.2, 0.25) is 11.7 Å². The average Bonchev–Trinajstić information content (AvgIpc) is 3.18. The maximum atomic E-state index is 13.7. The van der Waals surface area contributed by atoms with E-state index in [1.807, 2.05) is 30.3 Å². The third-order valence-corrected chi connectivity index (χ3v) is 9.18. The molecule has 0 fully saturated rings. The van der Waals surface area contributed by atoms with Gasteiger partial charge in [-0.3, -0.25) is 24.5 Å². The number of hydrogen-bond acceptors (Lipinski definition) is 9. The first kappa shape index (κ1) is 37.7. The van der Waals surface area contributed by atoms with Crippen LogP contribution >= 0.6 is 11.8 Å². The highest BCUT2D eigenvalue weighted by Crippen LogP contribution is 2.39. The first-order valence-corrected chi connectivity index (χ1v) is 17.0. The van der Waals surface area contributed by atoms with Crippen molar-refractivity contribution in [2.45, 2.75) is 17.1 Å². The Morgan fingerprint density at radius 1 is 0.774 bits per heavy atom. The number of aryl methyl sites for hydroxylation is 1. The molecule has 12 nitrogen and oxygen atoms in total. The van der Waals surface area contributed by atoms with Crippen LogP contribution < -0.4 is 30.2 Å². The van der Waals surface area contributed by atoms with E-state index in [1.165, 1.54) is 57.4 Å². The lowest BCUT2D eigenvalue weighted by molar-refractivity contribution is -0.384. The highest BCUT2D eigenvalue weighted by Gasteiger charge is 2.24. The fraction of sp³-hybridized carbons (Fsp3) is 0.125. The Morgan fingerprint density at radius 2 is 1.40 bits per heavy atom.